The van der Waals surface area contributed by atoms with E-state index in [0.29, 0.717) is 28.5 Å². The Labute approximate surface area is 165 Å². The molecule has 0 amide bonds. The van der Waals surface area contributed by atoms with Crippen molar-refractivity contribution in [1.29, 1.82) is 0 Å². The van der Waals surface area contributed by atoms with Gasteiger partial charge >= 0.3 is 5.69 Å². The predicted octanol–water partition coefficient (Wildman–Crippen LogP) is 3.02. The zero-order valence-electron chi connectivity index (χ0n) is 15.7. The van der Waals surface area contributed by atoms with Crippen LogP contribution in [0, 0.1) is 0 Å². The molecule has 1 saturated carbocycles. The Morgan fingerprint density at radius 2 is 1.93 bits per heavy atom. The number of imidazole rings is 1. The molecular formula is C21H18N6O2. The van der Waals surface area contributed by atoms with Crippen molar-refractivity contribution in [2.45, 2.75) is 25.8 Å². The fourth-order valence-corrected chi connectivity index (χ4v) is 3.28. The van der Waals surface area contributed by atoms with E-state index in [0.717, 1.165) is 18.4 Å². The van der Waals surface area contributed by atoms with Gasteiger partial charge in [0.1, 0.15) is 12.2 Å². The highest BCUT2D eigenvalue weighted by atomic mass is 16.2. The van der Waals surface area contributed by atoms with Gasteiger partial charge < -0.3 is 4.98 Å². The molecule has 0 unspecified atom stereocenters. The fraction of sp³-hybridized carbons (Fsp3) is 0.190. The van der Waals surface area contributed by atoms with E-state index in [1.165, 1.54) is 17.8 Å². The van der Waals surface area contributed by atoms with Crippen LogP contribution in [0.25, 0.3) is 28.5 Å². The second-order valence-electron chi connectivity index (χ2n) is 7.13. The second kappa shape index (κ2) is 6.66. The molecule has 0 aliphatic heterocycles. The Morgan fingerprint density at radius 1 is 1.14 bits per heavy atom. The molecule has 0 spiro atoms. The van der Waals surface area contributed by atoms with Crippen LogP contribution in [0.4, 0.5) is 0 Å². The van der Waals surface area contributed by atoms with Crippen molar-refractivity contribution in [2.24, 2.45) is 0 Å². The lowest BCUT2D eigenvalue weighted by atomic mass is 10.1. The van der Waals surface area contributed by atoms with Gasteiger partial charge in [-0.25, -0.2) is 9.78 Å². The summed E-state index contributed by atoms with van der Waals surface area (Å²) in [4.78, 5) is 36.9. The first-order valence-corrected chi connectivity index (χ1v) is 9.40. The van der Waals surface area contributed by atoms with Crippen LogP contribution in [0.5, 0.6) is 0 Å². The van der Waals surface area contributed by atoms with Crippen LogP contribution in [0.3, 0.4) is 0 Å². The lowest BCUT2D eigenvalue weighted by molar-refractivity contribution is 0.101. The first-order valence-electron chi connectivity index (χ1n) is 9.40. The SMILES string of the molecule is CC(=O)c1cncc(-c2[nH]c(-c3ccccc3)nc2-n2ncn(C3CC3)c2=O)c1. The molecule has 1 aliphatic rings. The molecule has 1 aliphatic carbocycles. The maximum atomic E-state index is 12.9. The Kier molecular flexibility index (Phi) is 3.97. The van der Waals surface area contributed by atoms with Crippen molar-refractivity contribution in [3.63, 3.8) is 0 Å². The zero-order valence-corrected chi connectivity index (χ0v) is 15.7. The number of carbonyl (C=O) groups is 1. The number of pyridine rings is 1. The van der Waals surface area contributed by atoms with Gasteiger partial charge in [0.05, 0.1) is 5.69 Å². The highest BCUT2D eigenvalue weighted by Crippen LogP contribution is 2.33. The van der Waals surface area contributed by atoms with Crippen LogP contribution in [0.15, 0.2) is 59.9 Å². The molecule has 4 aromatic rings. The number of aromatic nitrogens is 6. The number of ketones is 1. The summed E-state index contributed by atoms with van der Waals surface area (Å²) in [5.41, 5.74) is 2.39. The maximum absolute atomic E-state index is 12.9. The van der Waals surface area contributed by atoms with Gasteiger partial charge in [0, 0.05) is 35.1 Å². The summed E-state index contributed by atoms with van der Waals surface area (Å²) in [6, 6.07) is 11.6. The summed E-state index contributed by atoms with van der Waals surface area (Å²) in [6.07, 6.45) is 6.69. The van der Waals surface area contributed by atoms with E-state index in [2.05, 4.69) is 20.1 Å². The monoisotopic (exact) mass is 386 g/mol. The molecule has 3 aromatic heterocycles. The number of Topliss-reactive ketones (excluding diaryl/α,β-unsaturated/α-hetero) is 1. The number of aromatic amines is 1. The van der Waals surface area contributed by atoms with Crippen molar-refractivity contribution in [1.82, 2.24) is 29.3 Å². The molecule has 0 saturated heterocycles. The van der Waals surface area contributed by atoms with Crippen LogP contribution < -0.4 is 5.69 Å². The normalized spacial score (nSPS) is 13.6. The molecule has 5 rings (SSSR count). The van der Waals surface area contributed by atoms with Crippen LogP contribution in [-0.2, 0) is 0 Å². The lowest BCUT2D eigenvalue weighted by Gasteiger charge is -2.03. The minimum absolute atomic E-state index is 0.0844. The molecule has 1 N–H and O–H groups in total. The highest BCUT2D eigenvalue weighted by Gasteiger charge is 2.28. The summed E-state index contributed by atoms with van der Waals surface area (Å²) < 4.78 is 2.95. The van der Waals surface area contributed by atoms with E-state index in [1.807, 2.05) is 30.3 Å². The van der Waals surface area contributed by atoms with Gasteiger partial charge in [-0.15, -0.1) is 0 Å². The van der Waals surface area contributed by atoms with E-state index in [1.54, 1.807) is 23.2 Å². The maximum Gasteiger partial charge on any atom is 0.352 e. The third kappa shape index (κ3) is 3.08. The minimum atomic E-state index is -0.226. The van der Waals surface area contributed by atoms with Crippen LogP contribution in [0.1, 0.15) is 36.2 Å². The summed E-state index contributed by atoms with van der Waals surface area (Å²) in [5, 5.41) is 4.30. The summed E-state index contributed by atoms with van der Waals surface area (Å²) >= 11 is 0. The van der Waals surface area contributed by atoms with Crippen LogP contribution in [-0.4, -0.2) is 35.1 Å². The minimum Gasteiger partial charge on any atom is -0.336 e. The number of nitrogens with zero attached hydrogens (tertiary/aromatic N) is 5. The first kappa shape index (κ1) is 17.3. The Bertz CT molecular complexity index is 1260. The number of H-pyrrole nitrogens is 1. The van der Waals surface area contributed by atoms with Crippen molar-refractivity contribution in [3.8, 4) is 28.5 Å². The van der Waals surface area contributed by atoms with Gasteiger partial charge in [0.2, 0.25) is 0 Å². The van der Waals surface area contributed by atoms with E-state index < -0.39 is 0 Å². The topological polar surface area (TPSA) is 98.5 Å². The fourth-order valence-electron chi connectivity index (χ4n) is 3.28. The van der Waals surface area contributed by atoms with E-state index in [-0.39, 0.29) is 17.5 Å². The average molecular weight is 386 g/mol. The number of hydrogen-bond acceptors (Lipinski definition) is 5. The van der Waals surface area contributed by atoms with Crippen molar-refractivity contribution < 1.29 is 4.79 Å². The standard InChI is InChI=1S/C21H18N6O2/c1-13(28)15-9-16(11-22-10-15)18-20(25-19(24-18)14-5-3-2-4-6-14)27-21(29)26(12-23-27)17-7-8-17/h2-6,9-12,17H,7-8H2,1H3,(H,24,25). The number of carbonyl (C=O) groups excluding carboxylic acids is 1. The Morgan fingerprint density at radius 3 is 2.66 bits per heavy atom. The van der Waals surface area contributed by atoms with Gasteiger partial charge in [-0.3, -0.25) is 14.3 Å². The van der Waals surface area contributed by atoms with Gasteiger partial charge in [-0.1, -0.05) is 30.3 Å². The largest absolute Gasteiger partial charge is 0.352 e. The van der Waals surface area contributed by atoms with Crippen LogP contribution >= 0.6 is 0 Å². The molecule has 8 heteroatoms. The summed E-state index contributed by atoms with van der Waals surface area (Å²) in [6.45, 7) is 1.49. The second-order valence-corrected chi connectivity index (χ2v) is 7.13. The van der Waals surface area contributed by atoms with Crippen molar-refractivity contribution >= 4 is 5.78 Å². The summed E-state index contributed by atoms with van der Waals surface area (Å²) in [5.74, 6) is 0.909. The molecule has 8 nitrogen and oxygen atoms in total. The lowest BCUT2D eigenvalue weighted by Crippen LogP contribution is -2.23. The smallest absolute Gasteiger partial charge is 0.336 e. The van der Waals surface area contributed by atoms with E-state index >= 15 is 0 Å². The molecule has 0 bridgehead atoms. The van der Waals surface area contributed by atoms with Gasteiger partial charge in [0.15, 0.2) is 11.6 Å². The summed E-state index contributed by atoms with van der Waals surface area (Å²) in [7, 11) is 0. The zero-order chi connectivity index (χ0) is 20.0. The first-order chi connectivity index (χ1) is 14.1. The van der Waals surface area contributed by atoms with Gasteiger partial charge in [-0.2, -0.15) is 9.78 Å². The highest BCUT2D eigenvalue weighted by molar-refractivity contribution is 5.95. The molecule has 0 atom stereocenters. The molecular weight excluding hydrogens is 368 g/mol. The third-order valence-electron chi connectivity index (χ3n) is 5.00. The Hall–Kier alpha value is -3.81. The van der Waals surface area contributed by atoms with Gasteiger partial charge in [0.25, 0.3) is 0 Å². The van der Waals surface area contributed by atoms with Gasteiger partial charge in [-0.05, 0) is 25.8 Å². The number of nitrogens with one attached hydrogen (secondary N) is 1. The number of rotatable bonds is 5. The van der Waals surface area contributed by atoms with Crippen molar-refractivity contribution in [3.05, 3.63) is 71.2 Å². The molecule has 144 valence electrons. The molecule has 29 heavy (non-hydrogen) atoms. The molecule has 1 aromatic carbocycles. The number of hydrogen-bond donors (Lipinski definition) is 1. The van der Waals surface area contributed by atoms with E-state index in [4.69, 9.17) is 0 Å². The molecule has 0 radical (unpaired) electrons. The predicted molar refractivity (Wildman–Crippen MR) is 107 cm³/mol. The average Bonchev–Trinajstić information content (AvgIpc) is 3.37. The molecule has 3 heterocycles. The van der Waals surface area contributed by atoms with E-state index in [9.17, 15) is 9.59 Å². The third-order valence-corrected chi connectivity index (χ3v) is 5.00. The Balaban J connectivity index is 1.71. The quantitative estimate of drug-likeness (QED) is 0.532. The molecule has 1 fully saturated rings. The van der Waals surface area contributed by atoms with Crippen LogP contribution in [0.2, 0.25) is 0 Å². The number of benzene rings is 1. The van der Waals surface area contributed by atoms with Crippen molar-refractivity contribution in [2.75, 3.05) is 0 Å².